The van der Waals surface area contributed by atoms with E-state index in [1.54, 1.807) is 42.5 Å². The van der Waals surface area contributed by atoms with Crippen molar-refractivity contribution in [2.75, 3.05) is 6.54 Å². The second-order valence-electron chi connectivity index (χ2n) is 6.53. The number of carbonyl (C=O) groups excluding carboxylic acids is 1. The first-order valence-electron chi connectivity index (χ1n) is 8.64. The fraction of sp³-hybridized carbons (Fsp3) is 0.150. The molecule has 0 bridgehead atoms. The van der Waals surface area contributed by atoms with E-state index < -0.39 is 22.1 Å². The second-order valence-corrected chi connectivity index (χ2v) is 8.45. The minimum atomic E-state index is -4.08. The Labute approximate surface area is 167 Å². The van der Waals surface area contributed by atoms with E-state index in [1.165, 1.54) is 12.1 Å². The number of hydrogen-bond donors (Lipinski definition) is 2. The summed E-state index contributed by atoms with van der Waals surface area (Å²) >= 11 is 6.18. The number of amides is 1. The molecule has 8 heteroatoms. The summed E-state index contributed by atoms with van der Waals surface area (Å²) < 4.78 is 31.2. The molecule has 6 nitrogen and oxygen atoms in total. The van der Waals surface area contributed by atoms with Crippen LogP contribution in [0.2, 0.25) is 5.02 Å². The maximum atomic E-state index is 12.9. The van der Waals surface area contributed by atoms with Gasteiger partial charge in [0.15, 0.2) is 0 Å². The number of primary amides is 1. The predicted molar refractivity (Wildman–Crippen MR) is 107 cm³/mol. The molecule has 0 saturated heterocycles. The molecule has 0 fully saturated rings. The highest BCUT2D eigenvalue weighted by Gasteiger charge is 2.26. The van der Waals surface area contributed by atoms with Crippen LogP contribution in [0.1, 0.15) is 17.2 Å². The van der Waals surface area contributed by atoms with Gasteiger partial charge in [0, 0.05) is 22.3 Å². The lowest BCUT2D eigenvalue weighted by molar-refractivity contribution is -0.120. The van der Waals surface area contributed by atoms with E-state index in [9.17, 15) is 13.2 Å². The van der Waals surface area contributed by atoms with E-state index in [1.807, 2.05) is 0 Å². The van der Waals surface area contributed by atoms with Crippen LogP contribution in [0.4, 0.5) is 0 Å². The van der Waals surface area contributed by atoms with E-state index in [0.717, 1.165) is 11.1 Å². The molecule has 0 radical (unpaired) electrons. The van der Waals surface area contributed by atoms with Crippen molar-refractivity contribution < 1.29 is 17.4 Å². The van der Waals surface area contributed by atoms with Crippen LogP contribution in [0.3, 0.4) is 0 Å². The number of nitrogens with two attached hydrogens (primary N) is 1. The van der Waals surface area contributed by atoms with Crippen LogP contribution in [0.5, 0.6) is 5.75 Å². The molecule has 1 amide bonds. The highest BCUT2D eigenvalue weighted by atomic mass is 35.5. The number of carbonyl (C=O) groups is 1. The van der Waals surface area contributed by atoms with Gasteiger partial charge in [0.05, 0.1) is 0 Å². The van der Waals surface area contributed by atoms with Crippen LogP contribution in [0.25, 0.3) is 10.8 Å². The molecule has 4 rings (SSSR count). The Bertz CT molecular complexity index is 1190. The summed E-state index contributed by atoms with van der Waals surface area (Å²) in [5.74, 6) is -0.294. The topological polar surface area (TPSA) is 98.5 Å². The standard InChI is InChI=1S/C20H17ClN2O4S/c21-17-5-1-4-16-15(17)3-2-6-18(16)28(25,26)27-13-7-8-14-12(11-13)9-10-23-19(14)20(22)24/h1-8,11,19,23H,9-10H2,(H2,22,24). The van der Waals surface area contributed by atoms with Crippen molar-refractivity contribution in [1.82, 2.24) is 5.32 Å². The smallest absolute Gasteiger partial charge is 0.339 e. The average Bonchev–Trinajstić information content (AvgIpc) is 2.67. The molecule has 1 atom stereocenters. The second kappa shape index (κ2) is 7.09. The zero-order valence-electron chi connectivity index (χ0n) is 14.7. The van der Waals surface area contributed by atoms with Gasteiger partial charge in [-0.3, -0.25) is 4.79 Å². The maximum Gasteiger partial charge on any atom is 0.339 e. The molecule has 1 aliphatic heterocycles. The van der Waals surface area contributed by atoms with E-state index in [2.05, 4.69) is 5.32 Å². The van der Waals surface area contributed by atoms with Crippen LogP contribution in [-0.4, -0.2) is 20.9 Å². The predicted octanol–water partition coefficient (Wildman–Crippen LogP) is 2.93. The van der Waals surface area contributed by atoms with Gasteiger partial charge in [-0.05, 0) is 41.8 Å². The Balaban J connectivity index is 1.72. The maximum absolute atomic E-state index is 12.9. The number of nitrogens with one attached hydrogen (secondary N) is 1. The average molecular weight is 417 g/mol. The molecule has 3 aromatic carbocycles. The van der Waals surface area contributed by atoms with Crippen molar-refractivity contribution in [2.45, 2.75) is 17.4 Å². The van der Waals surface area contributed by atoms with Crippen molar-refractivity contribution in [2.24, 2.45) is 5.73 Å². The molecule has 0 aromatic heterocycles. The molecule has 0 spiro atoms. The molecule has 144 valence electrons. The number of benzene rings is 3. The third kappa shape index (κ3) is 3.32. The summed E-state index contributed by atoms with van der Waals surface area (Å²) in [6.45, 7) is 0.568. The largest absolute Gasteiger partial charge is 0.379 e. The number of halogens is 1. The van der Waals surface area contributed by atoms with E-state index in [0.29, 0.717) is 28.8 Å². The normalized spacial score (nSPS) is 16.5. The highest BCUT2D eigenvalue weighted by Crippen LogP contribution is 2.32. The first-order valence-corrected chi connectivity index (χ1v) is 10.4. The molecule has 0 saturated carbocycles. The van der Waals surface area contributed by atoms with Gasteiger partial charge in [-0.2, -0.15) is 8.42 Å². The fourth-order valence-electron chi connectivity index (χ4n) is 3.48. The molecule has 0 aliphatic carbocycles. The van der Waals surface area contributed by atoms with Crippen LogP contribution in [-0.2, 0) is 21.3 Å². The van der Waals surface area contributed by atoms with Gasteiger partial charge < -0.3 is 15.2 Å². The summed E-state index contributed by atoms with van der Waals surface area (Å²) in [5, 5.41) is 4.64. The first kappa shape index (κ1) is 18.7. The first-order chi connectivity index (χ1) is 13.4. The Morgan fingerprint density at radius 1 is 1.11 bits per heavy atom. The fourth-order valence-corrected chi connectivity index (χ4v) is 4.86. The van der Waals surface area contributed by atoms with Gasteiger partial charge >= 0.3 is 10.1 Å². The van der Waals surface area contributed by atoms with Crippen molar-refractivity contribution in [3.63, 3.8) is 0 Å². The molecule has 3 aromatic rings. The molecular weight excluding hydrogens is 400 g/mol. The van der Waals surface area contributed by atoms with Crippen molar-refractivity contribution >= 4 is 38.4 Å². The summed E-state index contributed by atoms with van der Waals surface area (Å²) in [6.07, 6.45) is 0.639. The SMILES string of the molecule is NC(=O)C1NCCc2cc(OS(=O)(=O)c3cccc4c(Cl)cccc34)ccc21. The van der Waals surface area contributed by atoms with Gasteiger partial charge in [0.1, 0.15) is 16.7 Å². The van der Waals surface area contributed by atoms with Crippen molar-refractivity contribution in [3.05, 3.63) is 70.7 Å². The zero-order chi connectivity index (χ0) is 19.9. The van der Waals surface area contributed by atoms with E-state index >= 15 is 0 Å². The number of rotatable bonds is 4. The summed E-state index contributed by atoms with van der Waals surface area (Å²) in [5.41, 5.74) is 6.99. The third-order valence-electron chi connectivity index (χ3n) is 4.76. The highest BCUT2D eigenvalue weighted by molar-refractivity contribution is 7.87. The van der Waals surface area contributed by atoms with Gasteiger partial charge in [0.2, 0.25) is 5.91 Å². The molecule has 1 aliphatic rings. The molecule has 28 heavy (non-hydrogen) atoms. The van der Waals surface area contributed by atoms with Gasteiger partial charge in [0.25, 0.3) is 0 Å². The van der Waals surface area contributed by atoms with E-state index in [4.69, 9.17) is 21.5 Å². The van der Waals surface area contributed by atoms with Crippen molar-refractivity contribution in [1.29, 1.82) is 0 Å². The Kier molecular flexibility index (Phi) is 4.74. The lowest BCUT2D eigenvalue weighted by atomic mass is 9.94. The zero-order valence-corrected chi connectivity index (χ0v) is 16.3. The van der Waals surface area contributed by atoms with Gasteiger partial charge in [-0.15, -0.1) is 0 Å². The minimum Gasteiger partial charge on any atom is -0.379 e. The third-order valence-corrected chi connectivity index (χ3v) is 6.39. The quantitative estimate of drug-likeness (QED) is 0.637. The van der Waals surface area contributed by atoms with Crippen LogP contribution in [0, 0.1) is 0 Å². The lowest BCUT2D eigenvalue weighted by Gasteiger charge is -2.24. The van der Waals surface area contributed by atoms with Crippen molar-refractivity contribution in [3.8, 4) is 5.75 Å². The Morgan fingerprint density at radius 3 is 2.64 bits per heavy atom. The Morgan fingerprint density at radius 2 is 1.86 bits per heavy atom. The van der Waals surface area contributed by atoms with Gasteiger partial charge in [-0.1, -0.05) is 41.9 Å². The van der Waals surface area contributed by atoms with Crippen LogP contribution in [0.15, 0.2) is 59.5 Å². The molecular formula is C20H17ClN2O4S. The van der Waals surface area contributed by atoms with Gasteiger partial charge in [-0.25, -0.2) is 0 Å². The van der Waals surface area contributed by atoms with E-state index in [-0.39, 0.29) is 10.6 Å². The summed E-state index contributed by atoms with van der Waals surface area (Å²) in [4.78, 5) is 11.6. The monoisotopic (exact) mass is 416 g/mol. The Hall–Kier alpha value is -2.61. The summed E-state index contributed by atoms with van der Waals surface area (Å²) in [7, 11) is -4.08. The van der Waals surface area contributed by atoms with Crippen LogP contribution >= 0.6 is 11.6 Å². The lowest BCUT2D eigenvalue weighted by Crippen LogP contribution is -2.38. The number of fused-ring (bicyclic) bond motifs is 2. The number of hydrogen-bond acceptors (Lipinski definition) is 5. The molecule has 1 heterocycles. The molecule has 3 N–H and O–H groups in total. The summed E-state index contributed by atoms with van der Waals surface area (Å²) in [6, 6.07) is 14.2. The molecule has 1 unspecified atom stereocenters. The van der Waals surface area contributed by atoms with Crippen LogP contribution < -0.4 is 15.2 Å². The minimum absolute atomic E-state index is 0.0434.